The lowest BCUT2D eigenvalue weighted by molar-refractivity contribution is -0.522. The summed E-state index contributed by atoms with van der Waals surface area (Å²) in [5.74, 6) is -0.760. The summed E-state index contributed by atoms with van der Waals surface area (Å²) < 4.78 is 0. The van der Waals surface area contributed by atoms with E-state index >= 15 is 0 Å². The zero-order chi connectivity index (χ0) is 18.8. The lowest BCUT2D eigenvalue weighted by Gasteiger charge is -2.05. The van der Waals surface area contributed by atoms with Crippen molar-refractivity contribution < 1.29 is 14.8 Å². The van der Waals surface area contributed by atoms with Gasteiger partial charge >= 0.3 is 5.97 Å². The second kappa shape index (κ2) is 16.9. The molecule has 0 radical (unpaired) electrons. The number of carboxylic acids is 1. The molecular formula is C20H33NO4. The normalized spacial score (nSPS) is 13.2. The molecule has 0 aliphatic heterocycles. The Balaban J connectivity index is 3.82. The van der Waals surface area contributed by atoms with Crippen molar-refractivity contribution in [3.05, 3.63) is 46.6 Å². The van der Waals surface area contributed by atoms with Crippen LogP contribution in [-0.4, -0.2) is 22.0 Å². The fourth-order valence-electron chi connectivity index (χ4n) is 2.36. The van der Waals surface area contributed by atoms with Crippen LogP contribution in [0.3, 0.4) is 0 Å². The minimum Gasteiger partial charge on any atom is -0.481 e. The van der Waals surface area contributed by atoms with Gasteiger partial charge in [-0.15, -0.1) is 0 Å². The average Bonchev–Trinajstić information content (AvgIpc) is 2.57. The van der Waals surface area contributed by atoms with Gasteiger partial charge in [-0.05, 0) is 38.5 Å². The molecule has 0 fully saturated rings. The molecule has 0 aromatic heterocycles. The van der Waals surface area contributed by atoms with Gasteiger partial charge in [0.2, 0.25) is 6.04 Å². The van der Waals surface area contributed by atoms with Crippen molar-refractivity contribution in [1.82, 2.24) is 0 Å². The Morgan fingerprint density at radius 3 is 2.28 bits per heavy atom. The predicted octanol–water partition coefficient (Wildman–Crippen LogP) is 5.70. The molecule has 1 N–H and O–H groups in total. The standard InChI is InChI=1S/C20H33NO4/c1-2-3-4-5-10-13-16-19(21(24)25)17-14-11-8-6-7-9-12-15-18-20(22)23/h7-11,13,19H,2-6,12,14-18H2,1H3,(H,22,23)/b9-7+,11-8+,13-10+. The molecule has 0 aromatic carbocycles. The molecule has 0 bridgehead atoms. The van der Waals surface area contributed by atoms with Crippen LogP contribution in [0.5, 0.6) is 0 Å². The Kier molecular flexibility index (Phi) is 15.6. The van der Waals surface area contributed by atoms with Crippen LogP contribution < -0.4 is 0 Å². The van der Waals surface area contributed by atoms with Gasteiger partial charge < -0.3 is 5.11 Å². The topological polar surface area (TPSA) is 80.4 Å². The van der Waals surface area contributed by atoms with Crippen molar-refractivity contribution >= 4 is 5.97 Å². The van der Waals surface area contributed by atoms with E-state index in [9.17, 15) is 14.9 Å². The lowest BCUT2D eigenvalue weighted by Crippen LogP contribution is -2.18. The molecule has 1 unspecified atom stereocenters. The molecule has 0 saturated heterocycles. The average molecular weight is 351 g/mol. The van der Waals surface area contributed by atoms with Crippen molar-refractivity contribution in [2.24, 2.45) is 0 Å². The van der Waals surface area contributed by atoms with Crippen LogP contribution in [0.25, 0.3) is 0 Å². The number of nitro groups is 1. The summed E-state index contributed by atoms with van der Waals surface area (Å²) in [6, 6.07) is -0.501. The van der Waals surface area contributed by atoms with Crippen LogP contribution in [0.15, 0.2) is 36.5 Å². The predicted molar refractivity (Wildman–Crippen MR) is 102 cm³/mol. The molecule has 1 atom stereocenters. The summed E-state index contributed by atoms with van der Waals surface area (Å²) >= 11 is 0. The van der Waals surface area contributed by atoms with Gasteiger partial charge in [0.15, 0.2) is 0 Å². The highest BCUT2D eigenvalue weighted by Gasteiger charge is 2.16. The molecule has 0 aliphatic carbocycles. The Labute approximate surface area is 151 Å². The monoisotopic (exact) mass is 351 g/mol. The maximum absolute atomic E-state index is 11.1. The second-order valence-corrected chi connectivity index (χ2v) is 6.18. The lowest BCUT2D eigenvalue weighted by atomic mass is 10.1. The summed E-state index contributed by atoms with van der Waals surface area (Å²) in [7, 11) is 0. The van der Waals surface area contributed by atoms with Gasteiger partial charge in [-0.2, -0.15) is 0 Å². The fourth-order valence-corrected chi connectivity index (χ4v) is 2.36. The third-order valence-electron chi connectivity index (χ3n) is 3.88. The third kappa shape index (κ3) is 16.7. The highest BCUT2D eigenvalue weighted by Crippen LogP contribution is 2.09. The first kappa shape index (κ1) is 23.1. The molecular weight excluding hydrogens is 318 g/mol. The van der Waals surface area contributed by atoms with Crippen molar-refractivity contribution in [3.8, 4) is 0 Å². The Morgan fingerprint density at radius 2 is 1.64 bits per heavy atom. The first-order valence-corrected chi connectivity index (χ1v) is 9.38. The second-order valence-electron chi connectivity index (χ2n) is 6.18. The van der Waals surface area contributed by atoms with Crippen molar-refractivity contribution in [2.75, 3.05) is 0 Å². The Morgan fingerprint density at radius 1 is 1.00 bits per heavy atom. The van der Waals surface area contributed by atoms with Gasteiger partial charge in [0.05, 0.1) is 0 Å². The molecule has 5 heteroatoms. The van der Waals surface area contributed by atoms with Gasteiger partial charge in [-0.25, -0.2) is 0 Å². The van der Waals surface area contributed by atoms with Gasteiger partial charge in [0, 0.05) is 24.2 Å². The van der Waals surface area contributed by atoms with Crippen LogP contribution in [0, 0.1) is 10.1 Å². The summed E-state index contributed by atoms with van der Waals surface area (Å²) in [4.78, 5) is 21.2. The van der Waals surface area contributed by atoms with Crippen LogP contribution in [0.2, 0.25) is 0 Å². The summed E-state index contributed by atoms with van der Waals surface area (Å²) in [5, 5.41) is 19.6. The zero-order valence-corrected chi connectivity index (χ0v) is 15.4. The van der Waals surface area contributed by atoms with Gasteiger partial charge in [-0.1, -0.05) is 56.2 Å². The summed E-state index contributed by atoms with van der Waals surface area (Å²) in [5.41, 5.74) is 0. The van der Waals surface area contributed by atoms with E-state index in [0.717, 1.165) is 25.7 Å². The smallest absolute Gasteiger partial charge is 0.303 e. The fraction of sp³-hybridized carbons (Fsp3) is 0.650. The van der Waals surface area contributed by atoms with E-state index < -0.39 is 12.0 Å². The first-order valence-electron chi connectivity index (χ1n) is 9.38. The number of unbranched alkanes of at least 4 members (excludes halogenated alkanes) is 4. The molecule has 0 aromatic rings. The number of carboxylic acid groups (broad SMARTS) is 1. The van der Waals surface area contributed by atoms with E-state index in [0.29, 0.717) is 25.7 Å². The van der Waals surface area contributed by atoms with E-state index in [2.05, 4.69) is 13.0 Å². The highest BCUT2D eigenvalue weighted by atomic mass is 16.6. The minimum atomic E-state index is -0.760. The maximum Gasteiger partial charge on any atom is 0.303 e. The first-order chi connectivity index (χ1) is 12.1. The van der Waals surface area contributed by atoms with E-state index in [4.69, 9.17) is 5.11 Å². The Hall–Kier alpha value is -1.91. The zero-order valence-electron chi connectivity index (χ0n) is 15.4. The SMILES string of the molecule is CCCCC/C=C/CC(CC/C=C/C/C=C/CCCC(=O)O)[N+](=O)[O-]. The molecule has 0 rings (SSSR count). The van der Waals surface area contributed by atoms with Gasteiger partial charge in [0.25, 0.3) is 0 Å². The number of carbonyl (C=O) groups is 1. The minimum absolute atomic E-state index is 0.174. The largest absolute Gasteiger partial charge is 0.481 e. The molecule has 0 amide bonds. The summed E-state index contributed by atoms with van der Waals surface area (Å²) in [6.45, 7) is 2.16. The molecule has 0 spiro atoms. The number of hydrogen-bond donors (Lipinski definition) is 1. The maximum atomic E-state index is 11.1. The van der Waals surface area contributed by atoms with E-state index in [-0.39, 0.29) is 11.3 Å². The molecule has 0 aliphatic rings. The van der Waals surface area contributed by atoms with E-state index in [1.54, 1.807) is 0 Å². The number of hydrogen-bond acceptors (Lipinski definition) is 3. The van der Waals surface area contributed by atoms with E-state index in [1.165, 1.54) is 12.8 Å². The Bertz CT molecular complexity index is 441. The molecule has 142 valence electrons. The van der Waals surface area contributed by atoms with Crippen molar-refractivity contribution in [1.29, 1.82) is 0 Å². The molecule has 5 nitrogen and oxygen atoms in total. The number of aliphatic carboxylic acids is 1. The number of allylic oxidation sites excluding steroid dienone is 5. The van der Waals surface area contributed by atoms with Crippen LogP contribution in [0.4, 0.5) is 0 Å². The number of nitrogens with zero attached hydrogens (tertiary/aromatic N) is 1. The van der Waals surface area contributed by atoms with E-state index in [1.807, 2.05) is 30.4 Å². The van der Waals surface area contributed by atoms with Crippen molar-refractivity contribution in [3.63, 3.8) is 0 Å². The van der Waals surface area contributed by atoms with Crippen LogP contribution in [0.1, 0.15) is 77.6 Å². The van der Waals surface area contributed by atoms with Gasteiger partial charge in [-0.3, -0.25) is 14.9 Å². The van der Waals surface area contributed by atoms with Gasteiger partial charge in [0.1, 0.15) is 0 Å². The summed E-state index contributed by atoms with van der Waals surface area (Å²) in [6.07, 6.45) is 20.8. The number of rotatable bonds is 16. The molecule has 0 heterocycles. The van der Waals surface area contributed by atoms with Crippen molar-refractivity contribution in [2.45, 2.75) is 83.6 Å². The quantitative estimate of drug-likeness (QED) is 0.167. The van der Waals surface area contributed by atoms with Crippen LogP contribution >= 0.6 is 0 Å². The van der Waals surface area contributed by atoms with Crippen LogP contribution in [-0.2, 0) is 4.79 Å². The highest BCUT2D eigenvalue weighted by molar-refractivity contribution is 5.66. The molecule has 25 heavy (non-hydrogen) atoms. The third-order valence-corrected chi connectivity index (χ3v) is 3.88. The molecule has 0 saturated carbocycles.